The summed E-state index contributed by atoms with van der Waals surface area (Å²) in [6.45, 7) is 0.883. The number of nitrogens with zero attached hydrogens (tertiary/aromatic N) is 3. The van der Waals surface area contributed by atoms with Crippen molar-refractivity contribution < 1.29 is 9.53 Å². The van der Waals surface area contributed by atoms with Crippen LogP contribution >= 0.6 is 0 Å². The lowest BCUT2D eigenvalue weighted by molar-refractivity contribution is -0.122. The van der Waals surface area contributed by atoms with E-state index in [4.69, 9.17) is 10.5 Å². The number of aromatic nitrogens is 3. The van der Waals surface area contributed by atoms with Crippen molar-refractivity contribution >= 4 is 5.91 Å². The van der Waals surface area contributed by atoms with Gasteiger partial charge in [-0.1, -0.05) is 23.4 Å². The van der Waals surface area contributed by atoms with Crippen LogP contribution < -0.4 is 15.8 Å². The highest BCUT2D eigenvalue weighted by atomic mass is 16.5. The lowest BCUT2D eigenvalue weighted by Gasteiger charge is -2.11. The minimum Gasteiger partial charge on any atom is -0.491 e. The molecule has 2 aromatic rings. The van der Waals surface area contributed by atoms with Crippen LogP contribution in [-0.2, 0) is 17.9 Å². The van der Waals surface area contributed by atoms with Gasteiger partial charge in [-0.05, 0) is 6.07 Å². The SMILES string of the molecule is NCc1cn(CC(=O)NC2COc3ccccc32)nn1. The van der Waals surface area contributed by atoms with E-state index in [1.54, 1.807) is 6.20 Å². The molecule has 7 heteroatoms. The van der Waals surface area contributed by atoms with E-state index in [-0.39, 0.29) is 18.5 Å². The second kappa shape index (κ2) is 5.30. The molecule has 1 amide bonds. The molecule has 0 saturated carbocycles. The Bertz CT molecular complexity index is 625. The molecule has 1 unspecified atom stereocenters. The normalized spacial score (nSPS) is 16.6. The van der Waals surface area contributed by atoms with Crippen LogP contribution in [0.15, 0.2) is 30.5 Å². The van der Waals surface area contributed by atoms with Crippen molar-refractivity contribution in [3.63, 3.8) is 0 Å². The van der Waals surface area contributed by atoms with Gasteiger partial charge in [-0.15, -0.1) is 5.10 Å². The van der Waals surface area contributed by atoms with Crippen molar-refractivity contribution in [3.05, 3.63) is 41.7 Å². The molecule has 0 spiro atoms. The monoisotopic (exact) mass is 273 g/mol. The number of ether oxygens (including phenoxy) is 1. The van der Waals surface area contributed by atoms with Crippen LogP contribution in [-0.4, -0.2) is 27.5 Å². The summed E-state index contributed by atoms with van der Waals surface area (Å²) in [6, 6.07) is 7.57. The van der Waals surface area contributed by atoms with Crippen LogP contribution in [0.1, 0.15) is 17.3 Å². The predicted octanol–water partition coefficient (Wildman–Crippen LogP) is -0.0133. The zero-order chi connectivity index (χ0) is 13.9. The quantitative estimate of drug-likeness (QED) is 0.816. The third kappa shape index (κ3) is 2.48. The first-order valence-corrected chi connectivity index (χ1v) is 6.36. The lowest BCUT2D eigenvalue weighted by Crippen LogP contribution is -2.32. The third-order valence-electron chi connectivity index (χ3n) is 3.14. The Morgan fingerprint density at radius 1 is 1.50 bits per heavy atom. The number of hydrogen-bond acceptors (Lipinski definition) is 5. The van der Waals surface area contributed by atoms with Crippen molar-refractivity contribution in [1.29, 1.82) is 0 Å². The molecule has 0 saturated heterocycles. The average molecular weight is 273 g/mol. The highest BCUT2D eigenvalue weighted by molar-refractivity contribution is 5.76. The largest absolute Gasteiger partial charge is 0.491 e. The maximum absolute atomic E-state index is 12.0. The first-order valence-electron chi connectivity index (χ1n) is 6.36. The fourth-order valence-corrected chi connectivity index (χ4v) is 2.18. The van der Waals surface area contributed by atoms with Gasteiger partial charge in [0.2, 0.25) is 5.91 Å². The number of carbonyl (C=O) groups is 1. The fourth-order valence-electron chi connectivity index (χ4n) is 2.18. The van der Waals surface area contributed by atoms with Crippen molar-refractivity contribution in [1.82, 2.24) is 20.3 Å². The summed E-state index contributed by atoms with van der Waals surface area (Å²) < 4.78 is 6.99. The van der Waals surface area contributed by atoms with Gasteiger partial charge in [0, 0.05) is 12.1 Å². The Morgan fingerprint density at radius 2 is 2.35 bits per heavy atom. The first kappa shape index (κ1) is 12.6. The van der Waals surface area contributed by atoms with Gasteiger partial charge in [0.25, 0.3) is 0 Å². The fraction of sp³-hybridized carbons (Fsp3) is 0.308. The molecular formula is C13H15N5O2. The molecule has 1 aliphatic heterocycles. The zero-order valence-electron chi connectivity index (χ0n) is 10.8. The molecular weight excluding hydrogens is 258 g/mol. The molecule has 2 heterocycles. The van der Waals surface area contributed by atoms with Gasteiger partial charge in [0.1, 0.15) is 18.9 Å². The van der Waals surface area contributed by atoms with Crippen LogP contribution in [0.3, 0.4) is 0 Å². The van der Waals surface area contributed by atoms with Gasteiger partial charge < -0.3 is 15.8 Å². The summed E-state index contributed by atoms with van der Waals surface area (Å²) in [4.78, 5) is 12.0. The van der Waals surface area contributed by atoms with Gasteiger partial charge >= 0.3 is 0 Å². The Hall–Kier alpha value is -2.41. The molecule has 0 fully saturated rings. The van der Waals surface area contributed by atoms with Crippen molar-refractivity contribution in [2.24, 2.45) is 5.73 Å². The minimum absolute atomic E-state index is 0.115. The summed E-state index contributed by atoms with van der Waals surface area (Å²) in [7, 11) is 0. The molecule has 1 aromatic carbocycles. The van der Waals surface area contributed by atoms with Crippen molar-refractivity contribution in [3.8, 4) is 5.75 Å². The summed E-state index contributed by atoms with van der Waals surface area (Å²) in [5, 5.41) is 10.6. The van der Waals surface area contributed by atoms with E-state index in [1.807, 2.05) is 24.3 Å². The molecule has 3 rings (SSSR count). The van der Waals surface area contributed by atoms with E-state index in [0.717, 1.165) is 11.3 Å². The second-order valence-corrected chi connectivity index (χ2v) is 4.58. The van der Waals surface area contributed by atoms with E-state index in [1.165, 1.54) is 4.68 Å². The zero-order valence-corrected chi connectivity index (χ0v) is 10.8. The van der Waals surface area contributed by atoms with E-state index in [0.29, 0.717) is 18.8 Å². The molecule has 0 radical (unpaired) electrons. The lowest BCUT2D eigenvalue weighted by atomic mass is 10.1. The number of hydrogen-bond donors (Lipinski definition) is 2. The number of fused-ring (bicyclic) bond motifs is 1. The molecule has 0 aliphatic carbocycles. The summed E-state index contributed by atoms with van der Waals surface area (Å²) in [6.07, 6.45) is 1.67. The maximum atomic E-state index is 12.0. The van der Waals surface area contributed by atoms with Gasteiger partial charge in [-0.3, -0.25) is 4.79 Å². The number of nitrogens with two attached hydrogens (primary N) is 1. The number of amides is 1. The number of nitrogens with one attached hydrogen (secondary N) is 1. The van der Waals surface area contributed by atoms with Gasteiger partial charge in [-0.25, -0.2) is 4.68 Å². The molecule has 3 N–H and O–H groups in total. The Balaban J connectivity index is 1.62. The average Bonchev–Trinajstić information content (AvgIpc) is 3.06. The van der Waals surface area contributed by atoms with Crippen LogP contribution in [0, 0.1) is 0 Å². The maximum Gasteiger partial charge on any atom is 0.242 e. The molecule has 0 bridgehead atoms. The molecule has 7 nitrogen and oxygen atoms in total. The minimum atomic E-state index is -0.135. The standard InChI is InChI=1S/C13H15N5O2/c14-5-9-6-18(17-16-9)7-13(19)15-11-8-20-12-4-2-1-3-10(11)12/h1-4,6,11H,5,7-8,14H2,(H,15,19). The topological polar surface area (TPSA) is 95.1 Å². The summed E-state index contributed by atoms with van der Waals surface area (Å²) in [5.41, 5.74) is 7.11. The van der Waals surface area contributed by atoms with Gasteiger partial charge in [-0.2, -0.15) is 0 Å². The third-order valence-corrected chi connectivity index (χ3v) is 3.14. The molecule has 1 aliphatic rings. The number of para-hydroxylation sites is 1. The number of carbonyl (C=O) groups excluding carboxylic acids is 1. The van der Waals surface area contributed by atoms with Crippen LogP contribution in [0.5, 0.6) is 5.75 Å². The molecule has 1 atom stereocenters. The molecule has 104 valence electrons. The van der Waals surface area contributed by atoms with Crippen molar-refractivity contribution in [2.75, 3.05) is 6.61 Å². The first-order chi connectivity index (χ1) is 9.76. The second-order valence-electron chi connectivity index (χ2n) is 4.58. The summed E-state index contributed by atoms with van der Waals surface area (Å²) in [5.74, 6) is 0.688. The van der Waals surface area contributed by atoms with Gasteiger partial charge in [0.05, 0.1) is 17.9 Å². The highest BCUT2D eigenvalue weighted by Crippen LogP contribution is 2.31. The highest BCUT2D eigenvalue weighted by Gasteiger charge is 2.25. The Morgan fingerprint density at radius 3 is 3.15 bits per heavy atom. The number of rotatable bonds is 4. The molecule has 1 aromatic heterocycles. The van der Waals surface area contributed by atoms with E-state index < -0.39 is 0 Å². The van der Waals surface area contributed by atoms with Crippen LogP contribution in [0.4, 0.5) is 0 Å². The number of benzene rings is 1. The van der Waals surface area contributed by atoms with E-state index in [9.17, 15) is 4.79 Å². The van der Waals surface area contributed by atoms with E-state index in [2.05, 4.69) is 15.6 Å². The van der Waals surface area contributed by atoms with Crippen molar-refractivity contribution in [2.45, 2.75) is 19.1 Å². The van der Waals surface area contributed by atoms with Crippen LogP contribution in [0.2, 0.25) is 0 Å². The smallest absolute Gasteiger partial charge is 0.242 e. The Kier molecular flexibility index (Phi) is 3.34. The predicted molar refractivity (Wildman–Crippen MR) is 70.7 cm³/mol. The summed E-state index contributed by atoms with van der Waals surface area (Å²) >= 11 is 0. The van der Waals surface area contributed by atoms with E-state index >= 15 is 0 Å². The molecule has 20 heavy (non-hydrogen) atoms. The Labute approximate surface area is 115 Å². The van der Waals surface area contributed by atoms with Gasteiger partial charge in [0.15, 0.2) is 0 Å². The van der Waals surface area contributed by atoms with Crippen LogP contribution in [0.25, 0.3) is 0 Å².